The van der Waals surface area contributed by atoms with Crippen LogP contribution >= 0.6 is 11.8 Å². The number of hydrogen-bond donors (Lipinski definition) is 2. The van der Waals surface area contributed by atoms with E-state index < -0.39 is 0 Å². The predicted octanol–water partition coefficient (Wildman–Crippen LogP) is 1.64. The maximum absolute atomic E-state index is 7.27. The first-order valence-corrected chi connectivity index (χ1v) is 6.13. The summed E-state index contributed by atoms with van der Waals surface area (Å²) in [4.78, 5) is 4.28. The molecule has 5 heteroatoms. The molecule has 2 rings (SSSR count). The van der Waals surface area contributed by atoms with Crippen LogP contribution in [0.15, 0.2) is 23.4 Å². The highest BCUT2D eigenvalue weighted by Crippen LogP contribution is 2.31. The number of nitrogens with two attached hydrogens (primary N) is 1. The van der Waals surface area contributed by atoms with Gasteiger partial charge < -0.3 is 10.5 Å². The van der Waals surface area contributed by atoms with Crippen molar-refractivity contribution in [1.29, 1.82) is 5.41 Å². The molecule has 0 saturated carbocycles. The summed E-state index contributed by atoms with van der Waals surface area (Å²) in [5.74, 6) is 0.0571. The van der Waals surface area contributed by atoms with Gasteiger partial charge in [-0.15, -0.1) is 11.8 Å². The highest BCUT2D eigenvalue weighted by molar-refractivity contribution is 7.99. The summed E-state index contributed by atoms with van der Waals surface area (Å²) in [7, 11) is 0. The number of thioether (sulfide) groups is 1. The monoisotopic (exact) mass is 237 g/mol. The van der Waals surface area contributed by atoms with Crippen LogP contribution in [0, 0.1) is 5.41 Å². The highest BCUT2D eigenvalue weighted by atomic mass is 32.2. The second-order valence-electron chi connectivity index (χ2n) is 3.82. The van der Waals surface area contributed by atoms with Crippen molar-refractivity contribution in [3.8, 4) is 0 Å². The lowest BCUT2D eigenvalue weighted by molar-refractivity contribution is 0.127. The van der Waals surface area contributed by atoms with E-state index in [1.54, 1.807) is 18.0 Å². The summed E-state index contributed by atoms with van der Waals surface area (Å²) < 4.78 is 5.50. The Kier molecular flexibility index (Phi) is 3.46. The summed E-state index contributed by atoms with van der Waals surface area (Å²) in [6.45, 7) is 2.93. The number of rotatable bonds is 3. The lowest BCUT2D eigenvalue weighted by atomic mass is 10.3. The van der Waals surface area contributed by atoms with Gasteiger partial charge in [0, 0.05) is 23.6 Å². The fraction of sp³-hybridized carbons (Fsp3) is 0.455. The maximum atomic E-state index is 7.27. The van der Waals surface area contributed by atoms with Crippen LogP contribution in [0.5, 0.6) is 0 Å². The topological polar surface area (TPSA) is 72.0 Å². The molecule has 16 heavy (non-hydrogen) atoms. The van der Waals surface area contributed by atoms with E-state index in [1.165, 1.54) is 0 Å². The first-order valence-electron chi connectivity index (χ1n) is 5.25. The molecule has 0 radical (unpaired) electrons. The molecule has 1 aromatic rings. The third-order valence-electron chi connectivity index (χ3n) is 2.63. The Hall–Kier alpha value is -1.07. The lowest BCUT2D eigenvalue weighted by Crippen LogP contribution is -2.14. The minimum Gasteiger partial charge on any atom is -0.384 e. The van der Waals surface area contributed by atoms with Crippen molar-refractivity contribution >= 4 is 17.6 Å². The van der Waals surface area contributed by atoms with Crippen molar-refractivity contribution in [1.82, 2.24) is 4.98 Å². The Bertz CT molecular complexity index is 379. The van der Waals surface area contributed by atoms with Crippen molar-refractivity contribution in [2.24, 2.45) is 5.73 Å². The predicted molar refractivity (Wildman–Crippen MR) is 64.9 cm³/mol. The summed E-state index contributed by atoms with van der Waals surface area (Å²) in [5, 5.41) is 8.72. The zero-order chi connectivity index (χ0) is 11.5. The minimum atomic E-state index is 0.0571. The van der Waals surface area contributed by atoms with Crippen LogP contribution in [0.1, 0.15) is 18.9 Å². The van der Waals surface area contributed by atoms with Crippen molar-refractivity contribution in [2.45, 2.75) is 29.7 Å². The van der Waals surface area contributed by atoms with Gasteiger partial charge in [0.25, 0.3) is 0 Å². The second-order valence-corrected chi connectivity index (χ2v) is 5.08. The molecule has 4 nitrogen and oxygen atoms in total. The Labute approximate surface area is 99.1 Å². The van der Waals surface area contributed by atoms with Gasteiger partial charge in [0.15, 0.2) is 0 Å². The first kappa shape index (κ1) is 11.4. The zero-order valence-electron chi connectivity index (χ0n) is 9.14. The van der Waals surface area contributed by atoms with Crippen LogP contribution < -0.4 is 5.73 Å². The van der Waals surface area contributed by atoms with E-state index in [0.29, 0.717) is 16.9 Å². The Balaban J connectivity index is 2.02. The van der Waals surface area contributed by atoms with Gasteiger partial charge in [-0.25, -0.2) is 4.98 Å². The number of nitrogens with zero attached hydrogens (tertiary/aromatic N) is 1. The quantitative estimate of drug-likeness (QED) is 0.619. The van der Waals surface area contributed by atoms with E-state index >= 15 is 0 Å². The number of nitrogens with one attached hydrogen (secondary N) is 1. The minimum absolute atomic E-state index is 0.0571. The molecule has 0 aliphatic carbocycles. The van der Waals surface area contributed by atoms with Crippen molar-refractivity contribution in [3.05, 3.63) is 23.9 Å². The van der Waals surface area contributed by atoms with Crippen molar-refractivity contribution in [3.63, 3.8) is 0 Å². The van der Waals surface area contributed by atoms with Gasteiger partial charge >= 0.3 is 0 Å². The molecular weight excluding hydrogens is 222 g/mol. The normalized spacial score (nSPS) is 24.6. The second kappa shape index (κ2) is 4.84. The molecule has 1 aliphatic rings. The zero-order valence-corrected chi connectivity index (χ0v) is 9.96. The van der Waals surface area contributed by atoms with Crippen LogP contribution in [0.4, 0.5) is 0 Å². The van der Waals surface area contributed by atoms with Crippen molar-refractivity contribution in [2.75, 3.05) is 6.61 Å². The summed E-state index contributed by atoms with van der Waals surface area (Å²) in [6.07, 6.45) is 3.01. The van der Waals surface area contributed by atoms with E-state index in [0.717, 1.165) is 18.1 Å². The molecule has 2 unspecified atom stereocenters. The van der Waals surface area contributed by atoms with Gasteiger partial charge in [-0.2, -0.15) is 0 Å². The van der Waals surface area contributed by atoms with E-state index in [9.17, 15) is 0 Å². The molecule has 1 saturated heterocycles. The van der Waals surface area contributed by atoms with Crippen molar-refractivity contribution < 1.29 is 4.74 Å². The van der Waals surface area contributed by atoms with Crippen LogP contribution in [-0.2, 0) is 4.74 Å². The van der Waals surface area contributed by atoms with E-state index in [-0.39, 0.29) is 5.84 Å². The molecule has 0 spiro atoms. The van der Waals surface area contributed by atoms with Gasteiger partial charge in [-0.3, -0.25) is 5.41 Å². The molecule has 0 amide bonds. The smallest absolute Gasteiger partial charge is 0.124 e. The van der Waals surface area contributed by atoms with Crippen LogP contribution in [0.3, 0.4) is 0 Å². The number of aromatic nitrogens is 1. The van der Waals surface area contributed by atoms with Crippen LogP contribution in [-0.4, -0.2) is 28.8 Å². The van der Waals surface area contributed by atoms with Gasteiger partial charge in [0.2, 0.25) is 0 Å². The standard InChI is InChI=1S/C11H15N3OS/c1-7-9(4-5-15-7)16-10-3-2-8(6-14-10)11(12)13/h2-3,6-7,9H,4-5H2,1H3,(H3,12,13). The summed E-state index contributed by atoms with van der Waals surface area (Å²) >= 11 is 1.73. The van der Waals surface area contributed by atoms with Gasteiger partial charge in [0.05, 0.1) is 11.1 Å². The number of pyridine rings is 1. The average molecular weight is 237 g/mol. The van der Waals surface area contributed by atoms with Crippen LogP contribution in [0.25, 0.3) is 0 Å². The number of amidine groups is 1. The van der Waals surface area contributed by atoms with Gasteiger partial charge in [-0.05, 0) is 25.5 Å². The summed E-state index contributed by atoms with van der Waals surface area (Å²) in [5.41, 5.74) is 6.03. The lowest BCUT2D eigenvalue weighted by Gasteiger charge is -2.12. The first-order chi connectivity index (χ1) is 7.66. The third kappa shape index (κ3) is 2.54. The number of nitrogen functional groups attached to an aromatic ring is 1. The Morgan fingerprint density at radius 2 is 2.44 bits per heavy atom. The Morgan fingerprint density at radius 3 is 2.94 bits per heavy atom. The largest absolute Gasteiger partial charge is 0.384 e. The van der Waals surface area contributed by atoms with Crippen LogP contribution in [0.2, 0.25) is 0 Å². The average Bonchev–Trinajstić information content (AvgIpc) is 2.65. The maximum Gasteiger partial charge on any atom is 0.124 e. The molecule has 2 atom stereocenters. The highest BCUT2D eigenvalue weighted by Gasteiger charge is 2.25. The van der Waals surface area contributed by atoms with Gasteiger partial charge in [0.1, 0.15) is 5.84 Å². The molecule has 1 aliphatic heterocycles. The molecule has 2 heterocycles. The van der Waals surface area contributed by atoms with Gasteiger partial charge in [-0.1, -0.05) is 0 Å². The molecule has 0 bridgehead atoms. The molecule has 3 N–H and O–H groups in total. The fourth-order valence-electron chi connectivity index (χ4n) is 1.63. The fourth-order valence-corrected chi connectivity index (χ4v) is 2.69. The molecular formula is C11H15N3OS. The SMILES string of the molecule is CC1OCCC1Sc1ccc(C(=N)N)cn1. The third-order valence-corrected chi connectivity index (χ3v) is 4.03. The molecule has 1 fully saturated rings. The molecule has 1 aromatic heterocycles. The number of hydrogen-bond acceptors (Lipinski definition) is 4. The Morgan fingerprint density at radius 1 is 1.62 bits per heavy atom. The summed E-state index contributed by atoms with van der Waals surface area (Å²) in [6, 6.07) is 3.74. The van der Waals surface area contributed by atoms with E-state index in [2.05, 4.69) is 11.9 Å². The van der Waals surface area contributed by atoms with E-state index in [1.807, 2.05) is 12.1 Å². The number of ether oxygens (including phenoxy) is 1. The molecule has 0 aromatic carbocycles. The molecule has 86 valence electrons. The van der Waals surface area contributed by atoms with E-state index in [4.69, 9.17) is 15.9 Å².